The molecule has 3 aromatic carbocycles. The molecular formula is C29H26N2O5S. The summed E-state index contributed by atoms with van der Waals surface area (Å²) in [5.74, 6) is -0.732. The SMILES string of the molecule is CCCOc1ccc(C2/C(=C(\O)c3ccccc3)C(=O)C(=O)N2c2nc3ccc(C)cc3s2)cc1OC. The number of Topliss-reactive ketones (excluding diaryl/α,β-unsaturated/α-hetero) is 1. The standard InChI is InChI=1S/C29H26N2O5S/c1-4-14-36-21-13-11-19(16-22(21)35-3)25-24(26(32)18-8-6-5-7-9-18)27(33)28(34)31(25)29-30-20-12-10-17(2)15-23(20)37-29/h5-13,15-16,25,32H,4,14H2,1-3H3/b26-24+. The number of aliphatic hydroxyl groups is 1. The van der Waals surface area contributed by atoms with E-state index >= 15 is 0 Å². The number of anilines is 1. The summed E-state index contributed by atoms with van der Waals surface area (Å²) in [7, 11) is 1.54. The molecule has 4 aromatic rings. The fraction of sp³-hybridized carbons (Fsp3) is 0.207. The number of methoxy groups -OCH3 is 1. The zero-order valence-electron chi connectivity index (χ0n) is 20.7. The molecule has 1 N–H and O–H groups in total. The zero-order chi connectivity index (χ0) is 26.1. The number of carbonyl (C=O) groups is 2. The van der Waals surface area contributed by atoms with Crippen molar-refractivity contribution in [2.75, 3.05) is 18.6 Å². The van der Waals surface area contributed by atoms with Crippen molar-refractivity contribution in [3.05, 3.63) is 89.0 Å². The summed E-state index contributed by atoms with van der Waals surface area (Å²) in [5, 5.41) is 11.7. The molecule has 1 fully saturated rings. The van der Waals surface area contributed by atoms with E-state index in [4.69, 9.17) is 9.47 Å². The third-order valence-electron chi connectivity index (χ3n) is 6.20. The van der Waals surface area contributed by atoms with Crippen LogP contribution in [0.2, 0.25) is 0 Å². The van der Waals surface area contributed by atoms with Gasteiger partial charge < -0.3 is 14.6 Å². The van der Waals surface area contributed by atoms with Crippen molar-refractivity contribution in [1.82, 2.24) is 4.98 Å². The first kappa shape index (κ1) is 24.5. The van der Waals surface area contributed by atoms with Crippen LogP contribution in [0.3, 0.4) is 0 Å². The predicted molar refractivity (Wildman–Crippen MR) is 144 cm³/mol. The quantitative estimate of drug-likeness (QED) is 0.184. The van der Waals surface area contributed by atoms with Crippen molar-refractivity contribution in [2.45, 2.75) is 26.3 Å². The number of amides is 1. The summed E-state index contributed by atoms with van der Waals surface area (Å²) in [4.78, 5) is 33.0. The summed E-state index contributed by atoms with van der Waals surface area (Å²) >= 11 is 1.33. The van der Waals surface area contributed by atoms with Gasteiger partial charge in [0.15, 0.2) is 16.6 Å². The van der Waals surface area contributed by atoms with Crippen molar-refractivity contribution in [1.29, 1.82) is 0 Å². The lowest BCUT2D eigenvalue weighted by Gasteiger charge is -2.24. The van der Waals surface area contributed by atoms with Crippen LogP contribution in [0.25, 0.3) is 16.0 Å². The molecule has 1 saturated heterocycles. The highest BCUT2D eigenvalue weighted by Crippen LogP contribution is 2.45. The molecule has 1 aliphatic heterocycles. The Morgan fingerprint density at radius 2 is 1.84 bits per heavy atom. The number of rotatable bonds is 7. The van der Waals surface area contributed by atoms with E-state index in [-0.39, 0.29) is 11.3 Å². The van der Waals surface area contributed by atoms with E-state index in [2.05, 4.69) is 4.98 Å². The average molecular weight is 515 g/mol. The fourth-order valence-electron chi connectivity index (χ4n) is 4.40. The molecule has 188 valence electrons. The summed E-state index contributed by atoms with van der Waals surface area (Å²) < 4.78 is 12.3. The molecule has 0 saturated carbocycles. The first-order chi connectivity index (χ1) is 17.9. The number of aromatic nitrogens is 1. The van der Waals surface area contributed by atoms with Gasteiger partial charge >= 0.3 is 5.91 Å². The smallest absolute Gasteiger partial charge is 0.301 e. The molecule has 0 bridgehead atoms. The van der Waals surface area contributed by atoms with Gasteiger partial charge in [0.2, 0.25) is 0 Å². The van der Waals surface area contributed by atoms with E-state index < -0.39 is 17.7 Å². The largest absolute Gasteiger partial charge is 0.507 e. The van der Waals surface area contributed by atoms with Gasteiger partial charge in [0.1, 0.15) is 5.76 Å². The molecule has 1 aliphatic rings. The van der Waals surface area contributed by atoms with Crippen LogP contribution < -0.4 is 14.4 Å². The van der Waals surface area contributed by atoms with E-state index in [1.165, 1.54) is 23.3 Å². The molecule has 5 rings (SSSR count). The first-order valence-electron chi connectivity index (χ1n) is 12.0. The van der Waals surface area contributed by atoms with Crippen LogP contribution in [-0.4, -0.2) is 35.5 Å². The molecule has 1 unspecified atom stereocenters. The number of ether oxygens (including phenoxy) is 2. The summed E-state index contributed by atoms with van der Waals surface area (Å²) in [6.45, 7) is 4.52. The molecule has 37 heavy (non-hydrogen) atoms. The predicted octanol–water partition coefficient (Wildman–Crippen LogP) is 6.03. The third kappa shape index (κ3) is 4.44. The Kier molecular flexibility index (Phi) is 6.67. The van der Waals surface area contributed by atoms with Gasteiger partial charge in [-0.1, -0.05) is 60.7 Å². The van der Waals surface area contributed by atoms with Gasteiger partial charge in [-0.15, -0.1) is 0 Å². The van der Waals surface area contributed by atoms with Gasteiger partial charge in [-0.2, -0.15) is 0 Å². The number of hydrogen-bond donors (Lipinski definition) is 1. The second kappa shape index (κ2) is 10.1. The van der Waals surface area contributed by atoms with Gasteiger partial charge in [0, 0.05) is 5.56 Å². The number of thiazole rings is 1. The number of aryl methyl sites for hydroxylation is 1. The maximum absolute atomic E-state index is 13.5. The zero-order valence-corrected chi connectivity index (χ0v) is 21.5. The van der Waals surface area contributed by atoms with E-state index in [9.17, 15) is 14.7 Å². The maximum Gasteiger partial charge on any atom is 0.301 e. The van der Waals surface area contributed by atoms with Crippen molar-refractivity contribution in [2.24, 2.45) is 0 Å². The molecular weight excluding hydrogens is 488 g/mol. The molecule has 1 amide bonds. The number of carbonyl (C=O) groups excluding carboxylic acids is 2. The van der Waals surface area contributed by atoms with Crippen LogP contribution in [0.15, 0.2) is 72.3 Å². The molecule has 8 heteroatoms. The van der Waals surface area contributed by atoms with Crippen molar-refractivity contribution < 1.29 is 24.2 Å². The second-order valence-electron chi connectivity index (χ2n) is 8.76. The Morgan fingerprint density at radius 1 is 1.05 bits per heavy atom. The molecule has 0 aliphatic carbocycles. The molecule has 0 spiro atoms. The van der Waals surface area contributed by atoms with E-state index in [0.717, 1.165) is 22.2 Å². The molecule has 0 radical (unpaired) electrons. The number of ketones is 1. The number of hydrogen-bond acceptors (Lipinski definition) is 7. The van der Waals surface area contributed by atoms with Crippen LogP contribution in [0.5, 0.6) is 11.5 Å². The average Bonchev–Trinajstić information content (AvgIpc) is 3.44. The normalized spacial score (nSPS) is 16.9. The molecule has 2 heterocycles. The number of fused-ring (bicyclic) bond motifs is 1. The van der Waals surface area contributed by atoms with E-state index in [0.29, 0.717) is 34.4 Å². The highest BCUT2D eigenvalue weighted by molar-refractivity contribution is 7.22. The lowest BCUT2D eigenvalue weighted by Crippen LogP contribution is -2.29. The highest BCUT2D eigenvalue weighted by Gasteiger charge is 2.48. The summed E-state index contributed by atoms with van der Waals surface area (Å²) in [6.07, 6.45) is 0.833. The lowest BCUT2D eigenvalue weighted by molar-refractivity contribution is -0.132. The number of nitrogens with zero attached hydrogens (tertiary/aromatic N) is 2. The Balaban J connectivity index is 1.71. The molecule has 1 aromatic heterocycles. The van der Waals surface area contributed by atoms with Gasteiger partial charge in [0.25, 0.3) is 5.78 Å². The third-order valence-corrected chi connectivity index (χ3v) is 7.21. The van der Waals surface area contributed by atoms with Crippen LogP contribution in [-0.2, 0) is 9.59 Å². The van der Waals surface area contributed by atoms with Crippen LogP contribution >= 0.6 is 11.3 Å². The summed E-state index contributed by atoms with van der Waals surface area (Å²) in [5.41, 5.74) is 2.83. The van der Waals surface area contributed by atoms with E-state index in [1.54, 1.807) is 42.5 Å². The highest BCUT2D eigenvalue weighted by atomic mass is 32.1. The number of benzene rings is 3. The Morgan fingerprint density at radius 3 is 2.57 bits per heavy atom. The maximum atomic E-state index is 13.5. The molecule has 1 atom stereocenters. The Bertz CT molecular complexity index is 1530. The Hall–Kier alpha value is -4.17. The van der Waals surface area contributed by atoms with Gasteiger partial charge in [-0.25, -0.2) is 4.98 Å². The summed E-state index contributed by atoms with van der Waals surface area (Å²) in [6, 6.07) is 18.9. The second-order valence-corrected chi connectivity index (χ2v) is 9.77. The van der Waals surface area contributed by atoms with Crippen LogP contribution in [0.4, 0.5) is 5.13 Å². The Labute approximate surface area is 218 Å². The van der Waals surface area contributed by atoms with Crippen molar-refractivity contribution >= 4 is 44.1 Å². The van der Waals surface area contributed by atoms with Crippen molar-refractivity contribution in [3.8, 4) is 11.5 Å². The van der Waals surface area contributed by atoms with Crippen LogP contribution in [0.1, 0.15) is 36.1 Å². The molecule has 7 nitrogen and oxygen atoms in total. The van der Waals surface area contributed by atoms with E-state index in [1.807, 2.05) is 38.1 Å². The van der Waals surface area contributed by atoms with Gasteiger partial charge in [-0.05, 0) is 48.7 Å². The minimum atomic E-state index is -0.906. The van der Waals surface area contributed by atoms with Gasteiger partial charge in [0.05, 0.1) is 35.5 Å². The monoisotopic (exact) mass is 514 g/mol. The van der Waals surface area contributed by atoms with Crippen LogP contribution in [0, 0.1) is 6.92 Å². The number of aliphatic hydroxyl groups excluding tert-OH is 1. The topological polar surface area (TPSA) is 89.0 Å². The first-order valence-corrected chi connectivity index (χ1v) is 12.8. The van der Waals surface area contributed by atoms with Gasteiger partial charge in [-0.3, -0.25) is 14.5 Å². The van der Waals surface area contributed by atoms with Crippen molar-refractivity contribution in [3.63, 3.8) is 0 Å². The lowest BCUT2D eigenvalue weighted by atomic mass is 9.95. The minimum Gasteiger partial charge on any atom is -0.507 e. The minimum absolute atomic E-state index is 0.00378. The fourth-order valence-corrected chi connectivity index (χ4v) is 5.50.